The predicted molar refractivity (Wildman–Crippen MR) is 74.1 cm³/mol. The van der Waals surface area contributed by atoms with E-state index in [-0.39, 0.29) is 18.4 Å². The number of amides is 1. The van der Waals surface area contributed by atoms with Gasteiger partial charge in [-0.3, -0.25) is 15.7 Å². The Morgan fingerprint density at radius 1 is 1.35 bits per heavy atom. The molecule has 1 aliphatic rings. The van der Waals surface area contributed by atoms with Gasteiger partial charge in [0.1, 0.15) is 17.4 Å². The van der Waals surface area contributed by atoms with Crippen LogP contribution in [-0.2, 0) is 14.2 Å². The normalized spacial score (nSPS) is 21.5. The number of nitrogens with one attached hydrogen (secondary N) is 2. The van der Waals surface area contributed by atoms with Crippen molar-refractivity contribution in [1.29, 1.82) is 10.8 Å². The van der Waals surface area contributed by atoms with Gasteiger partial charge in [0.05, 0.1) is 6.61 Å². The Bertz CT molecular complexity index is 426. The van der Waals surface area contributed by atoms with Gasteiger partial charge in [-0.2, -0.15) is 0 Å². The molecule has 0 aromatic heterocycles. The molecule has 1 amide bonds. The van der Waals surface area contributed by atoms with Crippen molar-refractivity contribution in [2.45, 2.75) is 58.9 Å². The van der Waals surface area contributed by atoms with E-state index in [2.05, 4.69) is 0 Å². The molecule has 1 saturated heterocycles. The smallest absolute Gasteiger partial charge is 0.413 e. The van der Waals surface area contributed by atoms with Crippen LogP contribution in [0.5, 0.6) is 0 Å². The third kappa shape index (κ3) is 3.93. The van der Waals surface area contributed by atoms with Crippen LogP contribution in [0.2, 0.25) is 0 Å². The van der Waals surface area contributed by atoms with E-state index < -0.39 is 23.5 Å². The summed E-state index contributed by atoms with van der Waals surface area (Å²) in [5.41, 5.74) is -1.53. The summed E-state index contributed by atoms with van der Waals surface area (Å²) in [6, 6.07) is -0.694. The average molecular weight is 285 g/mol. The van der Waals surface area contributed by atoms with E-state index in [1.807, 2.05) is 0 Å². The molecule has 0 bridgehead atoms. The van der Waals surface area contributed by atoms with Gasteiger partial charge in [0.25, 0.3) is 0 Å². The lowest BCUT2D eigenvalue weighted by Gasteiger charge is -2.34. The number of carbonyl (C=O) groups excluding carboxylic acids is 1. The summed E-state index contributed by atoms with van der Waals surface area (Å²) in [5.74, 6) is -0.308. The summed E-state index contributed by atoms with van der Waals surface area (Å²) in [7, 11) is 0. The molecule has 0 aromatic carbocycles. The van der Waals surface area contributed by atoms with Crippen LogP contribution in [0.25, 0.3) is 0 Å². The van der Waals surface area contributed by atoms with E-state index in [0.29, 0.717) is 0 Å². The molecular weight excluding hydrogens is 262 g/mol. The fraction of sp³-hybridized carbons (Fsp3) is 0.769. The van der Waals surface area contributed by atoms with Crippen molar-refractivity contribution in [2.75, 3.05) is 6.61 Å². The number of nitrogens with zero attached hydrogens (tertiary/aromatic N) is 1. The number of ether oxygens (including phenoxy) is 3. The van der Waals surface area contributed by atoms with Gasteiger partial charge in [-0.25, -0.2) is 4.79 Å². The van der Waals surface area contributed by atoms with E-state index in [4.69, 9.17) is 25.0 Å². The lowest BCUT2D eigenvalue weighted by Crippen LogP contribution is -2.52. The Labute approximate surface area is 119 Å². The van der Waals surface area contributed by atoms with Crippen molar-refractivity contribution in [2.24, 2.45) is 0 Å². The summed E-state index contributed by atoms with van der Waals surface area (Å²) < 4.78 is 15.9. The minimum absolute atomic E-state index is 0.108. The number of rotatable bonds is 1. The van der Waals surface area contributed by atoms with Gasteiger partial charge in [-0.1, -0.05) is 0 Å². The second-order valence-corrected chi connectivity index (χ2v) is 6.15. The number of carbonyl (C=O) groups is 1. The van der Waals surface area contributed by atoms with Crippen LogP contribution in [0.15, 0.2) is 0 Å². The minimum Gasteiger partial charge on any atom is -0.444 e. The van der Waals surface area contributed by atoms with Crippen LogP contribution < -0.4 is 0 Å². The maximum atomic E-state index is 12.3. The van der Waals surface area contributed by atoms with Gasteiger partial charge in [-0.05, 0) is 34.6 Å². The third-order valence-electron chi connectivity index (χ3n) is 2.64. The molecule has 7 nitrogen and oxygen atoms in total. The monoisotopic (exact) mass is 285 g/mol. The molecule has 1 rings (SSSR count). The van der Waals surface area contributed by atoms with Gasteiger partial charge in [-0.15, -0.1) is 0 Å². The first-order valence-corrected chi connectivity index (χ1v) is 6.42. The van der Waals surface area contributed by atoms with Crippen LogP contribution in [-0.4, -0.2) is 46.8 Å². The zero-order valence-electron chi connectivity index (χ0n) is 12.9. The predicted octanol–water partition coefficient (Wildman–Crippen LogP) is 2.35. The molecular formula is C13H23N3O4. The van der Waals surface area contributed by atoms with Gasteiger partial charge in [0, 0.05) is 6.92 Å². The Kier molecular flexibility index (Phi) is 4.43. The summed E-state index contributed by atoms with van der Waals surface area (Å²) in [5, 5.41) is 15.1. The van der Waals surface area contributed by atoms with E-state index >= 15 is 0 Å². The molecule has 0 radical (unpaired) electrons. The molecule has 0 saturated carbocycles. The fourth-order valence-corrected chi connectivity index (χ4v) is 1.89. The molecule has 1 atom stereocenters. The second kappa shape index (κ2) is 5.40. The quantitative estimate of drug-likeness (QED) is 0.571. The first kappa shape index (κ1) is 16.4. The van der Waals surface area contributed by atoms with Crippen molar-refractivity contribution in [3.63, 3.8) is 0 Å². The highest BCUT2D eigenvalue weighted by Gasteiger charge is 2.48. The van der Waals surface area contributed by atoms with Crippen molar-refractivity contribution >= 4 is 17.9 Å². The summed E-state index contributed by atoms with van der Waals surface area (Å²) in [6.07, 6.45) is -0.569. The zero-order chi connectivity index (χ0) is 15.7. The van der Waals surface area contributed by atoms with Crippen LogP contribution in [0.1, 0.15) is 41.5 Å². The molecule has 0 aromatic rings. The van der Waals surface area contributed by atoms with Gasteiger partial charge >= 0.3 is 6.09 Å². The van der Waals surface area contributed by atoms with E-state index in [1.54, 1.807) is 34.6 Å². The molecule has 20 heavy (non-hydrogen) atoms. The van der Waals surface area contributed by atoms with Crippen molar-refractivity contribution < 1.29 is 19.0 Å². The van der Waals surface area contributed by atoms with Gasteiger partial charge in [0.15, 0.2) is 5.90 Å². The lowest BCUT2D eigenvalue weighted by molar-refractivity contribution is -0.0609. The highest BCUT2D eigenvalue weighted by molar-refractivity contribution is 5.92. The maximum Gasteiger partial charge on any atom is 0.413 e. The van der Waals surface area contributed by atoms with Crippen molar-refractivity contribution in [1.82, 2.24) is 4.90 Å². The number of hydrogen-bond donors (Lipinski definition) is 2. The topological polar surface area (TPSA) is 95.7 Å². The van der Waals surface area contributed by atoms with Crippen LogP contribution in [0.3, 0.4) is 0 Å². The Morgan fingerprint density at radius 2 is 1.90 bits per heavy atom. The molecule has 2 N–H and O–H groups in total. The molecule has 114 valence electrons. The average Bonchev–Trinajstić information content (AvgIpc) is 2.50. The van der Waals surface area contributed by atoms with E-state index in [9.17, 15) is 4.79 Å². The zero-order valence-corrected chi connectivity index (χ0v) is 12.9. The molecule has 1 heterocycles. The Hall–Kier alpha value is -1.63. The van der Waals surface area contributed by atoms with Crippen LogP contribution >= 0.6 is 0 Å². The highest BCUT2D eigenvalue weighted by atomic mass is 16.6. The molecule has 1 fully saturated rings. The first-order valence-electron chi connectivity index (χ1n) is 6.42. The lowest BCUT2D eigenvalue weighted by atomic mass is 10.2. The molecule has 1 unspecified atom stereocenters. The summed E-state index contributed by atoms with van der Waals surface area (Å²) in [4.78, 5) is 13.6. The highest BCUT2D eigenvalue weighted by Crippen LogP contribution is 2.30. The molecule has 7 heteroatoms. The van der Waals surface area contributed by atoms with E-state index in [0.717, 1.165) is 0 Å². The van der Waals surface area contributed by atoms with E-state index in [1.165, 1.54) is 11.8 Å². The standard InChI is InChI=1S/C13H23N3O4/c1-8(14)19-10(15)9-7-18-13(5,6)16(9)11(17)20-12(2,3)4/h9,14-15H,7H2,1-6H3. The third-order valence-corrected chi connectivity index (χ3v) is 2.64. The first-order chi connectivity index (χ1) is 8.94. The molecule has 0 aliphatic carbocycles. The Balaban J connectivity index is 2.93. The molecule has 0 spiro atoms. The Morgan fingerprint density at radius 3 is 2.35 bits per heavy atom. The van der Waals surface area contributed by atoms with Crippen molar-refractivity contribution in [3.8, 4) is 0 Å². The summed E-state index contributed by atoms with van der Waals surface area (Å²) >= 11 is 0. The largest absolute Gasteiger partial charge is 0.444 e. The summed E-state index contributed by atoms with van der Waals surface area (Å²) in [6.45, 7) is 10.3. The minimum atomic E-state index is -0.890. The van der Waals surface area contributed by atoms with Gasteiger partial charge in [0.2, 0.25) is 5.90 Å². The van der Waals surface area contributed by atoms with Gasteiger partial charge < -0.3 is 14.2 Å². The van der Waals surface area contributed by atoms with Crippen LogP contribution in [0.4, 0.5) is 4.79 Å². The molecule has 1 aliphatic heterocycles. The maximum absolute atomic E-state index is 12.3. The van der Waals surface area contributed by atoms with Crippen LogP contribution in [0, 0.1) is 10.8 Å². The fourth-order valence-electron chi connectivity index (χ4n) is 1.89. The number of hydrogen-bond acceptors (Lipinski definition) is 6. The van der Waals surface area contributed by atoms with Crippen molar-refractivity contribution in [3.05, 3.63) is 0 Å². The second-order valence-electron chi connectivity index (χ2n) is 6.15. The SMILES string of the molecule is CC(=N)OC(=N)C1COC(C)(C)N1C(=O)OC(C)(C)C.